The van der Waals surface area contributed by atoms with Crippen molar-refractivity contribution in [1.29, 1.82) is 0 Å². The number of unbranched alkanes of at least 4 members (excludes halogenated alkanes) is 41. The van der Waals surface area contributed by atoms with Crippen LogP contribution in [0.1, 0.15) is 349 Å². The predicted molar refractivity (Wildman–Crippen MR) is 363 cm³/mol. The Morgan fingerprint density at radius 2 is 0.533 bits per heavy atom. The van der Waals surface area contributed by atoms with E-state index in [-0.39, 0.29) is 25.7 Å². The highest BCUT2D eigenvalue weighted by atomic mass is 31.2. The summed E-state index contributed by atoms with van der Waals surface area (Å²) in [4.78, 5) is 72.5. The number of carbonyl (C=O) groups excluding carboxylic acids is 4. The van der Waals surface area contributed by atoms with E-state index in [0.29, 0.717) is 25.7 Å². The SMILES string of the molecule is CCCCCC/C=C\C=C/CCCCCCCC(=O)O[C@H](COC(=O)CCCCCCCCCCCCCCC)COP(=O)(O)OC[C@@H](O)COP(=O)(O)OC[C@@H](COC(=O)CCCCCCCCCCCCC)OC(=O)CCCCCCCCCCCCC. The van der Waals surface area contributed by atoms with Gasteiger partial charge in [-0.3, -0.25) is 37.3 Å². The van der Waals surface area contributed by atoms with Gasteiger partial charge in [0.15, 0.2) is 12.2 Å². The molecule has 530 valence electrons. The summed E-state index contributed by atoms with van der Waals surface area (Å²) in [5.41, 5.74) is 0. The molecule has 3 N–H and O–H groups in total. The summed E-state index contributed by atoms with van der Waals surface area (Å²) in [6.45, 7) is 4.88. The highest BCUT2D eigenvalue weighted by Crippen LogP contribution is 2.45. The molecule has 17 nitrogen and oxygen atoms in total. The maximum atomic E-state index is 13.0. The van der Waals surface area contributed by atoms with E-state index in [9.17, 15) is 43.2 Å². The van der Waals surface area contributed by atoms with Crippen LogP contribution in [0.25, 0.3) is 0 Å². The van der Waals surface area contributed by atoms with Gasteiger partial charge in [-0.15, -0.1) is 0 Å². The third-order valence-corrected chi connectivity index (χ3v) is 17.9. The number of allylic oxidation sites excluding steroid dienone is 4. The molecule has 0 aliphatic carbocycles. The van der Waals surface area contributed by atoms with Crippen molar-refractivity contribution in [1.82, 2.24) is 0 Å². The van der Waals surface area contributed by atoms with Crippen LogP contribution in [-0.2, 0) is 65.4 Å². The molecule has 0 spiro atoms. The lowest BCUT2D eigenvalue weighted by Gasteiger charge is -2.21. The Balaban J connectivity index is 5.28. The zero-order chi connectivity index (χ0) is 66.1. The first-order chi connectivity index (χ1) is 43.7. The quantitative estimate of drug-likeness (QED) is 0.0169. The van der Waals surface area contributed by atoms with Gasteiger partial charge in [0.05, 0.1) is 26.4 Å². The molecule has 0 amide bonds. The first-order valence-electron chi connectivity index (χ1n) is 36.6. The fraction of sp³-hybridized carbons (Fsp3) is 0.887. The van der Waals surface area contributed by atoms with Crippen molar-refractivity contribution in [3.63, 3.8) is 0 Å². The van der Waals surface area contributed by atoms with Gasteiger partial charge in [0.1, 0.15) is 19.3 Å². The summed E-state index contributed by atoms with van der Waals surface area (Å²) in [7, 11) is -9.91. The lowest BCUT2D eigenvalue weighted by molar-refractivity contribution is -0.161. The van der Waals surface area contributed by atoms with Crippen LogP contribution in [-0.4, -0.2) is 96.7 Å². The molecular weight excluding hydrogens is 1190 g/mol. The fourth-order valence-electron chi connectivity index (χ4n) is 10.3. The highest BCUT2D eigenvalue weighted by molar-refractivity contribution is 7.47. The van der Waals surface area contributed by atoms with E-state index < -0.39 is 97.5 Å². The first kappa shape index (κ1) is 87.5. The minimum atomic E-state index is -4.96. The van der Waals surface area contributed by atoms with Gasteiger partial charge < -0.3 is 33.8 Å². The molecule has 0 fully saturated rings. The lowest BCUT2D eigenvalue weighted by Crippen LogP contribution is -2.30. The standard InChI is InChI=1S/C71H134O17P2/c1-5-9-13-17-21-25-29-31-32-34-38-42-46-50-54-58-71(76)88-67(62-82-69(74)56-52-48-44-40-37-33-30-26-22-18-14-10-6-2)64-86-90(79,80)84-60-65(72)59-83-89(77,78)85-63-66(87-70(75)57-53-49-45-41-36-28-24-20-16-12-8-4)61-81-68(73)55-51-47-43-39-35-27-23-19-15-11-7-3/h25,29,31-32,65-67,72H,5-24,26-28,30,33-64H2,1-4H3,(H,77,78)(H,79,80)/b29-25-,32-31-/t65-,66+,67+/m0/s1. The number of carbonyl (C=O) groups is 4. The normalized spacial score (nSPS) is 14.2. The Bertz CT molecular complexity index is 1820. The van der Waals surface area contributed by atoms with Crippen LogP contribution in [0.2, 0.25) is 0 Å². The zero-order valence-electron chi connectivity index (χ0n) is 57.6. The minimum Gasteiger partial charge on any atom is -0.462 e. The summed E-state index contributed by atoms with van der Waals surface area (Å²) in [6, 6.07) is 0. The van der Waals surface area contributed by atoms with Crippen molar-refractivity contribution in [2.24, 2.45) is 0 Å². The second-order valence-corrected chi connectivity index (χ2v) is 27.8. The van der Waals surface area contributed by atoms with Crippen LogP contribution >= 0.6 is 15.6 Å². The monoisotopic (exact) mass is 1320 g/mol. The number of aliphatic hydroxyl groups excluding tert-OH is 1. The van der Waals surface area contributed by atoms with Crippen LogP contribution in [0.3, 0.4) is 0 Å². The van der Waals surface area contributed by atoms with E-state index in [2.05, 4.69) is 52.0 Å². The number of phosphoric acid groups is 2. The summed E-state index contributed by atoms with van der Waals surface area (Å²) >= 11 is 0. The predicted octanol–water partition coefficient (Wildman–Crippen LogP) is 20.2. The third kappa shape index (κ3) is 64.3. The molecule has 19 heteroatoms. The van der Waals surface area contributed by atoms with Crippen molar-refractivity contribution < 1.29 is 80.2 Å². The van der Waals surface area contributed by atoms with E-state index in [1.807, 2.05) is 0 Å². The van der Waals surface area contributed by atoms with Crippen LogP contribution in [0.4, 0.5) is 0 Å². The molecule has 2 unspecified atom stereocenters. The van der Waals surface area contributed by atoms with E-state index in [0.717, 1.165) is 103 Å². The Morgan fingerprint density at radius 3 is 0.811 bits per heavy atom. The molecular formula is C71H134O17P2. The lowest BCUT2D eigenvalue weighted by atomic mass is 10.0. The maximum Gasteiger partial charge on any atom is 0.472 e. The number of ether oxygens (including phenoxy) is 4. The van der Waals surface area contributed by atoms with Gasteiger partial charge in [0, 0.05) is 25.7 Å². The molecule has 0 saturated carbocycles. The number of hydrogen-bond donors (Lipinski definition) is 3. The molecule has 0 rings (SSSR count). The molecule has 0 aliphatic heterocycles. The fourth-order valence-corrected chi connectivity index (χ4v) is 11.9. The average Bonchev–Trinajstić information content (AvgIpc) is 3.31. The summed E-state index contributed by atoms with van der Waals surface area (Å²) in [5, 5.41) is 10.6. The van der Waals surface area contributed by atoms with Gasteiger partial charge >= 0.3 is 39.5 Å². The van der Waals surface area contributed by atoms with E-state index >= 15 is 0 Å². The van der Waals surface area contributed by atoms with Crippen molar-refractivity contribution in [2.45, 2.75) is 367 Å². The zero-order valence-corrected chi connectivity index (χ0v) is 59.4. The van der Waals surface area contributed by atoms with E-state index in [4.69, 9.17) is 37.0 Å². The Kier molecular flexibility index (Phi) is 63.4. The van der Waals surface area contributed by atoms with Crippen LogP contribution in [0.15, 0.2) is 24.3 Å². The van der Waals surface area contributed by atoms with Gasteiger partial charge in [-0.1, -0.05) is 296 Å². The Labute approximate surface area is 548 Å². The number of aliphatic hydroxyl groups is 1. The third-order valence-electron chi connectivity index (χ3n) is 16.0. The molecule has 0 aromatic rings. The van der Waals surface area contributed by atoms with Crippen LogP contribution in [0.5, 0.6) is 0 Å². The second kappa shape index (κ2) is 65.2. The molecule has 0 bridgehead atoms. The molecule has 90 heavy (non-hydrogen) atoms. The topological polar surface area (TPSA) is 237 Å². The maximum absolute atomic E-state index is 13.0. The van der Waals surface area contributed by atoms with E-state index in [1.54, 1.807) is 0 Å². The summed E-state index contributed by atoms with van der Waals surface area (Å²) in [6.07, 6.45) is 56.1. The summed E-state index contributed by atoms with van der Waals surface area (Å²) < 4.78 is 68.3. The van der Waals surface area contributed by atoms with E-state index in [1.165, 1.54) is 167 Å². The number of esters is 4. The molecule has 0 saturated heterocycles. The van der Waals surface area contributed by atoms with Gasteiger partial charge in [-0.2, -0.15) is 0 Å². The molecule has 0 aromatic heterocycles. The molecule has 0 radical (unpaired) electrons. The number of rotatable bonds is 70. The average molecular weight is 1320 g/mol. The summed E-state index contributed by atoms with van der Waals surface area (Å²) in [5.74, 6) is -2.15. The van der Waals surface area contributed by atoms with Crippen molar-refractivity contribution in [2.75, 3.05) is 39.6 Å². The molecule has 0 aliphatic rings. The highest BCUT2D eigenvalue weighted by Gasteiger charge is 2.30. The second-order valence-electron chi connectivity index (χ2n) is 24.9. The Hall–Kier alpha value is -2.46. The van der Waals surface area contributed by atoms with Crippen LogP contribution in [0, 0.1) is 0 Å². The van der Waals surface area contributed by atoms with Gasteiger partial charge in [0.2, 0.25) is 0 Å². The van der Waals surface area contributed by atoms with Crippen molar-refractivity contribution in [3.8, 4) is 0 Å². The van der Waals surface area contributed by atoms with Gasteiger partial charge in [-0.05, 0) is 51.4 Å². The Morgan fingerprint density at radius 1 is 0.311 bits per heavy atom. The molecule has 0 aromatic carbocycles. The van der Waals surface area contributed by atoms with Crippen molar-refractivity contribution in [3.05, 3.63) is 24.3 Å². The molecule has 0 heterocycles. The first-order valence-corrected chi connectivity index (χ1v) is 39.6. The minimum absolute atomic E-state index is 0.0858. The van der Waals surface area contributed by atoms with Gasteiger partial charge in [-0.25, -0.2) is 9.13 Å². The molecule has 5 atom stereocenters. The van der Waals surface area contributed by atoms with Crippen LogP contribution < -0.4 is 0 Å². The number of phosphoric ester groups is 2. The van der Waals surface area contributed by atoms with Gasteiger partial charge in [0.25, 0.3) is 0 Å². The largest absolute Gasteiger partial charge is 0.472 e. The van der Waals surface area contributed by atoms with Crippen molar-refractivity contribution >= 4 is 39.5 Å². The smallest absolute Gasteiger partial charge is 0.462 e. The number of hydrogen-bond acceptors (Lipinski definition) is 15.